The van der Waals surface area contributed by atoms with E-state index in [0.717, 1.165) is 12.8 Å². The second-order valence-corrected chi connectivity index (χ2v) is 6.92. The smallest absolute Gasteiger partial charge is 0.305 e. The first-order valence-electron chi connectivity index (χ1n) is 10.5. The number of esters is 1. The van der Waals surface area contributed by atoms with E-state index in [0.29, 0.717) is 13.0 Å². The molecule has 0 aromatic heterocycles. The van der Waals surface area contributed by atoms with Crippen molar-refractivity contribution in [1.82, 2.24) is 0 Å². The molecule has 0 saturated heterocycles. The fourth-order valence-electron chi connectivity index (χ4n) is 2.93. The highest BCUT2D eigenvalue weighted by molar-refractivity contribution is 5.69. The molecule has 0 aliphatic heterocycles. The van der Waals surface area contributed by atoms with Crippen LogP contribution in [-0.2, 0) is 9.53 Å². The largest absolute Gasteiger partial charge is 0.466 e. The summed E-state index contributed by atoms with van der Waals surface area (Å²) in [5, 5.41) is 0. The minimum absolute atomic E-state index is 0.0125. The van der Waals surface area contributed by atoms with Gasteiger partial charge in [0.2, 0.25) is 0 Å². The predicted molar refractivity (Wildman–Crippen MR) is 101 cm³/mol. The lowest BCUT2D eigenvalue weighted by molar-refractivity contribution is -0.143. The standard InChI is InChI=1S/C21H42O2/c1-3-5-6-7-8-9-10-11-12-13-14-15-16-17-18-19-21(22)23-20-4-2/h3-20H2,1-2H3. The molecule has 0 aliphatic rings. The molecule has 0 aromatic carbocycles. The van der Waals surface area contributed by atoms with Crippen LogP contribution in [0.5, 0.6) is 0 Å². The zero-order chi connectivity index (χ0) is 17.0. The summed E-state index contributed by atoms with van der Waals surface area (Å²) in [4.78, 5) is 11.3. The number of carbonyl (C=O) groups excluding carboxylic acids is 1. The SMILES string of the molecule is CCCCCCCCCCCCCCCCCC(=O)OCCC. The van der Waals surface area contributed by atoms with Crippen LogP contribution in [-0.4, -0.2) is 12.6 Å². The van der Waals surface area contributed by atoms with Crippen molar-refractivity contribution in [3.05, 3.63) is 0 Å². The molecule has 0 bridgehead atoms. The third-order valence-corrected chi connectivity index (χ3v) is 4.45. The fourth-order valence-corrected chi connectivity index (χ4v) is 2.93. The maximum atomic E-state index is 11.3. The molecule has 138 valence electrons. The summed E-state index contributed by atoms with van der Waals surface area (Å²) in [7, 11) is 0. The van der Waals surface area contributed by atoms with Gasteiger partial charge in [-0.15, -0.1) is 0 Å². The van der Waals surface area contributed by atoms with E-state index >= 15 is 0 Å². The molecule has 2 heteroatoms. The van der Waals surface area contributed by atoms with Gasteiger partial charge < -0.3 is 4.74 Å². The minimum atomic E-state index is -0.0125. The Bertz CT molecular complexity index is 238. The van der Waals surface area contributed by atoms with Gasteiger partial charge >= 0.3 is 5.97 Å². The second-order valence-electron chi connectivity index (χ2n) is 6.92. The number of hydrogen-bond donors (Lipinski definition) is 0. The van der Waals surface area contributed by atoms with E-state index in [4.69, 9.17) is 4.74 Å². The van der Waals surface area contributed by atoms with Gasteiger partial charge in [-0.3, -0.25) is 4.79 Å². The molecule has 0 N–H and O–H groups in total. The predicted octanol–water partition coefficient (Wildman–Crippen LogP) is 7.20. The molecule has 0 aliphatic carbocycles. The normalized spacial score (nSPS) is 10.9. The van der Waals surface area contributed by atoms with Crippen molar-refractivity contribution in [3.8, 4) is 0 Å². The van der Waals surface area contributed by atoms with Crippen LogP contribution in [0, 0.1) is 0 Å². The molecule has 0 fully saturated rings. The highest BCUT2D eigenvalue weighted by atomic mass is 16.5. The average Bonchev–Trinajstić information content (AvgIpc) is 2.56. The molecule has 0 spiro atoms. The summed E-state index contributed by atoms with van der Waals surface area (Å²) >= 11 is 0. The Hall–Kier alpha value is -0.530. The van der Waals surface area contributed by atoms with Gasteiger partial charge in [0.1, 0.15) is 0 Å². The summed E-state index contributed by atoms with van der Waals surface area (Å²) in [6.45, 7) is 4.89. The van der Waals surface area contributed by atoms with Crippen molar-refractivity contribution in [3.63, 3.8) is 0 Å². The molecular weight excluding hydrogens is 284 g/mol. The van der Waals surface area contributed by atoms with Gasteiger partial charge in [0, 0.05) is 6.42 Å². The summed E-state index contributed by atoms with van der Waals surface area (Å²) in [6, 6.07) is 0. The second kappa shape index (κ2) is 19.5. The van der Waals surface area contributed by atoms with Crippen LogP contribution in [0.1, 0.15) is 123 Å². The Balaban J connectivity index is 3.04. The van der Waals surface area contributed by atoms with Gasteiger partial charge in [0.25, 0.3) is 0 Å². The van der Waals surface area contributed by atoms with Crippen molar-refractivity contribution in [2.75, 3.05) is 6.61 Å². The Morgan fingerprint density at radius 2 is 0.957 bits per heavy atom. The third-order valence-electron chi connectivity index (χ3n) is 4.45. The quantitative estimate of drug-likeness (QED) is 0.196. The number of rotatable bonds is 18. The molecule has 0 radical (unpaired) electrons. The zero-order valence-corrected chi connectivity index (χ0v) is 16.0. The van der Waals surface area contributed by atoms with Crippen molar-refractivity contribution in [2.24, 2.45) is 0 Å². The van der Waals surface area contributed by atoms with E-state index in [-0.39, 0.29) is 5.97 Å². The number of carbonyl (C=O) groups is 1. The lowest BCUT2D eigenvalue weighted by atomic mass is 10.0. The Labute approximate surface area is 145 Å². The summed E-state index contributed by atoms with van der Waals surface area (Å²) < 4.78 is 5.07. The van der Waals surface area contributed by atoms with E-state index < -0.39 is 0 Å². The Morgan fingerprint density at radius 1 is 0.565 bits per heavy atom. The zero-order valence-electron chi connectivity index (χ0n) is 16.0. The van der Waals surface area contributed by atoms with Crippen molar-refractivity contribution < 1.29 is 9.53 Å². The number of hydrogen-bond acceptors (Lipinski definition) is 2. The molecule has 0 heterocycles. The van der Waals surface area contributed by atoms with Crippen LogP contribution < -0.4 is 0 Å². The van der Waals surface area contributed by atoms with Gasteiger partial charge in [0.15, 0.2) is 0 Å². The Kier molecular flexibility index (Phi) is 19.1. The highest BCUT2D eigenvalue weighted by Gasteiger charge is 2.01. The molecule has 0 saturated carbocycles. The van der Waals surface area contributed by atoms with Crippen LogP contribution in [0.15, 0.2) is 0 Å². The first-order chi connectivity index (χ1) is 11.3. The lowest BCUT2D eigenvalue weighted by Crippen LogP contribution is -2.04. The van der Waals surface area contributed by atoms with Crippen molar-refractivity contribution in [2.45, 2.75) is 123 Å². The summed E-state index contributed by atoms with van der Waals surface area (Å²) in [6.07, 6.45) is 21.9. The van der Waals surface area contributed by atoms with Gasteiger partial charge in [-0.1, -0.05) is 104 Å². The molecular formula is C21H42O2. The number of unbranched alkanes of at least 4 members (excludes halogenated alkanes) is 14. The topological polar surface area (TPSA) is 26.3 Å². The first kappa shape index (κ1) is 22.5. The minimum Gasteiger partial charge on any atom is -0.466 e. The van der Waals surface area contributed by atoms with E-state index in [1.165, 1.54) is 89.9 Å². The summed E-state index contributed by atoms with van der Waals surface area (Å²) in [5.74, 6) is -0.0125. The molecule has 2 nitrogen and oxygen atoms in total. The average molecular weight is 327 g/mol. The van der Waals surface area contributed by atoms with E-state index in [9.17, 15) is 4.79 Å². The van der Waals surface area contributed by atoms with Gasteiger partial charge in [-0.25, -0.2) is 0 Å². The maximum Gasteiger partial charge on any atom is 0.305 e. The van der Waals surface area contributed by atoms with Crippen LogP contribution >= 0.6 is 0 Å². The van der Waals surface area contributed by atoms with E-state index in [1.807, 2.05) is 6.92 Å². The van der Waals surface area contributed by atoms with Gasteiger partial charge in [-0.2, -0.15) is 0 Å². The first-order valence-corrected chi connectivity index (χ1v) is 10.5. The molecule has 0 aromatic rings. The third kappa shape index (κ3) is 19.4. The molecule has 0 atom stereocenters. The van der Waals surface area contributed by atoms with Crippen LogP contribution in [0.3, 0.4) is 0 Å². The van der Waals surface area contributed by atoms with Crippen molar-refractivity contribution in [1.29, 1.82) is 0 Å². The fraction of sp³-hybridized carbons (Fsp3) is 0.952. The van der Waals surface area contributed by atoms with Gasteiger partial charge in [-0.05, 0) is 12.8 Å². The van der Waals surface area contributed by atoms with Crippen LogP contribution in [0.25, 0.3) is 0 Å². The highest BCUT2D eigenvalue weighted by Crippen LogP contribution is 2.13. The van der Waals surface area contributed by atoms with Gasteiger partial charge in [0.05, 0.1) is 6.61 Å². The molecule has 0 unspecified atom stereocenters. The van der Waals surface area contributed by atoms with Crippen LogP contribution in [0.4, 0.5) is 0 Å². The van der Waals surface area contributed by atoms with E-state index in [2.05, 4.69) is 6.92 Å². The van der Waals surface area contributed by atoms with Crippen molar-refractivity contribution >= 4 is 5.97 Å². The lowest BCUT2D eigenvalue weighted by Gasteiger charge is -2.04. The molecule has 0 rings (SSSR count). The monoisotopic (exact) mass is 326 g/mol. The molecule has 23 heavy (non-hydrogen) atoms. The van der Waals surface area contributed by atoms with E-state index in [1.54, 1.807) is 0 Å². The molecule has 0 amide bonds. The maximum absolute atomic E-state index is 11.3. The summed E-state index contributed by atoms with van der Waals surface area (Å²) in [5.41, 5.74) is 0. The number of ether oxygens (including phenoxy) is 1. The Morgan fingerprint density at radius 3 is 1.35 bits per heavy atom. The van der Waals surface area contributed by atoms with Crippen LogP contribution in [0.2, 0.25) is 0 Å².